The fraction of sp³-hybridized carbons (Fsp3) is 0.222. The van der Waals surface area contributed by atoms with E-state index < -0.39 is 0 Å². The number of carbonyl (C=O) groups excluding carboxylic acids is 1. The Morgan fingerprint density at radius 3 is 2.78 bits per heavy atom. The third-order valence-corrected chi connectivity index (χ3v) is 4.39. The van der Waals surface area contributed by atoms with Crippen molar-refractivity contribution in [2.45, 2.75) is 20.0 Å². The quantitative estimate of drug-likeness (QED) is 0.744. The van der Waals surface area contributed by atoms with Gasteiger partial charge in [0.1, 0.15) is 6.61 Å². The molecule has 5 heteroatoms. The molecule has 4 nitrogen and oxygen atoms in total. The number of anilines is 1. The Balaban J connectivity index is 1.55. The number of fused-ring (bicyclic) bond motifs is 1. The molecule has 0 saturated carbocycles. The van der Waals surface area contributed by atoms with E-state index in [9.17, 15) is 4.79 Å². The van der Waals surface area contributed by atoms with Gasteiger partial charge in [0, 0.05) is 0 Å². The van der Waals surface area contributed by atoms with Gasteiger partial charge in [-0.2, -0.15) is 0 Å². The van der Waals surface area contributed by atoms with Crippen molar-refractivity contribution in [1.82, 2.24) is 4.98 Å². The first-order valence-electron chi connectivity index (χ1n) is 7.55. The highest BCUT2D eigenvalue weighted by atomic mass is 32.1. The minimum absolute atomic E-state index is 0.0189. The normalized spacial score (nSPS) is 10.8. The molecule has 3 rings (SSSR count). The van der Waals surface area contributed by atoms with Crippen LogP contribution < -0.4 is 5.32 Å². The van der Waals surface area contributed by atoms with Crippen LogP contribution in [0, 0.1) is 0 Å². The van der Waals surface area contributed by atoms with Crippen molar-refractivity contribution in [3.05, 3.63) is 59.7 Å². The highest BCUT2D eigenvalue weighted by molar-refractivity contribution is 7.22. The molecule has 118 valence electrons. The van der Waals surface area contributed by atoms with E-state index in [1.54, 1.807) is 0 Å². The molecule has 1 N–H and O–H groups in total. The van der Waals surface area contributed by atoms with Crippen LogP contribution in [0.15, 0.2) is 48.5 Å². The van der Waals surface area contributed by atoms with Crippen LogP contribution >= 0.6 is 11.3 Å². The minimum atomic E-state index is -0.185. The van der Waals surface area contributed by atoms with Gasteiger partial charge in [0.05, 0.1) is 16.8 Å². The van der Waals surface area contributed by atoms with Crippen LogP contribution in [0.25, 0.3) is 10.2 Å². The lowest BCUT2D eigenvalue weighted by atomic mass is 10.2. The first-order valence-corrected chi connectivity index (χ1v) is 8.37. The minimum Gasteiger partial charge on any atom is -0.367 e. The molecule has 0 radical (unpaired) electrons. The van der Waals surface area contributed by atoms with Crippen LogP contribution in [-0.4, -0.2) is 17.5 Å². The van der Waals surface area contributed by atoms with Crippen LogP contribution in [0.4, 0.5) is 5.13 Å². The predicted octanol–water partition coefficient (Wildman–Crippen LogP) is 4.01. The number of hydrogen-bond donors (Lipinski definition) is 1. The fourth-order valence-electron chi connectivity index (χ4n) is 2.23. The number of aryl methyl sites for hydroxylation is 1. The van der Waals surface area contributed by atoms with Gasteiger partial charge in [0.15, 0.2) is 5.13 Å². The van der Waals surface area contributed by atoms with Crippen molar-refractivity contribution in [3.8, 4) is 0 Å². The Morgan fingerprint density at radius 2 is 2.00 bits per heavy atom. The number of carbonyl (C=O) groups is 1. The SMILES string of the molecule is CCc1ccc2nc(NC(=O)COCc3ccccc3)sc2c1. The number of benzene rings is 2. The molecule has 2 aromatic carbocycles. The molecule has 0 saturated heterocycles. The molecular formula is C18H18N2O2S. The average molecular weight is 326 g/mol. The molecule has 3 aromatic rings. The summed E-state index contributed by atoms with van der Waals surface area (Å²) in [5, 5.41) is 3.41. The van der Waals surface area contributed by atoms with E-state index in [1.807, 2.05) is 36.4 Å². The number of hydrogen-bond acceptors (Lipinski definition) is 4. The second-order valence-corrected chi connectivity index (χ2v) is 6.23. The zero-order valence-electron chi connectivity index (χ0n) is 12.9. The first-order chi connectivity index (χ1) is 11.2. The second-order valence-electron chi connectivity index (χ2n) is 5.20. The molecule has 0 aliphatic carbocycles. The zero-order chi connectivity index (χ0) is 16.1. The third-order valence-electron chi connectivity index (χ3n) is 3.45. The molecule has 0 atom stereocenters. The van der Waals surface area contributed by atoms with Gasteiger partial charge in [-0.05, 0) is 29.7 Å². The smallest absolute Gasteiger partial charge is 0.252 e. The lowest BCUT2D eigenvalue weighted by molar-refractivity contribution is -0.121. The fourth-order valence-corrected chi connectivity index (χ4v) is 3.18. The lowest BCUT2D eigenvalue weighted by Gasteiger charge is -2.04. The predicted molar refractivity (Wildman–Crippen MR) is 93.7 cm³/mol. The maximum atomic E-state index is 11.9. The molecule has 0 bridgehead atoms. The third kappa shape index (κ3) is 4.15. The van der Waals surface area contributed by atoms with Gasteiger partial charge < -0.3 is 4.74 Å². The molecule has 0 spiro atoms. The molecule has 0 aliphatic heterocycles. The van der Waals surface area contributed by atoms with Crippen LogP contribution in [0.1, 0.15) is 18.1 Å². The Labute approximate surface area is 139 Å². The average Bonchev–Trinajstić information content (AvgIpc) is 2.96. The van der Waals surface area contributed by atoms with Gasteiger partial charge in [-0.3, -0.25) is 10.1 Å². The van der Waals surface area contributed by atoms with Gasteiger partial charge in [0.25, 0.3) is 5.91 Å². The van der Waals surface area contributed by atoms with E-state index in [2.05, 4.69) is 29.4 Å². The summed E-state index contributed by atoms with van der Waals surface area (Å²) in [6.07, 6.45) is 0.989. The van der Waals surface area contributed by atoms with Crippen molar-refractivity contribution in [1.29, 1.82) is 0 Å². The molecule has 23 heavy (non-hydrogen) atoms. The number of rotatable bonds is 6. The van der Waals surface area contributed by atoms with E-state index in [4.69, 9.17) is 4.74 Å². The molecule has 1 amide bonds. The highest BCUT2D eigenvalue weighted by Crippen LogP contribution is 2.26. The summed E-state index contributed by atoms with van der Waals surface area (Å²) >= 11 is 1.49. The molecule has 1 heterocycles. The summed E-state index contributed by atoms with van der Waals surface area (Å²) in [5.74, 6) is -0.185. The topological polar surface area (TPSA) is 51.2 Å². The number of aromatic nitrogens is 1. The van der Waals surface area contributed by atoms with Crippen molar-refractivity contribution >= 4 is 32.6 Å². The largest absolute Gasteiger partial charge is 0.367 e. The molecule has 0 aliphatic rings. The number of ether oxygens (including phenoxy) is 1. The van der Waals surface area contributed by atoms with Gasteiger partial charge in [-0.25, -0.2) is 4.98 Å². The van der Waals surface area contributed by atoms with Crippen LogP contribution in [0.3, 0.4) is 0 Å². The summed E-state index contributed by atoms with van der Waals surface area (Å²) in [4.78, 5) is 16.4. The Morgan fingerprint density at radius 1 is 1.17 bits per heavy atom. The van der Waals surface area contributed by atoms with Crippen molar-refractivity contribution < 1.29 is 9.53 Å². The molecule has 1 aromatic heterocycles. The van der Waals surface area contributed by atoms with Crippen LogP contribution in [0.2, 0.25) is 0 Å². The molecule has 0 fully saturated rings. The summed E-state index contributed by atoms with van der Waals surface area (Å²) in [7, 11) is 0. The Kier molecular flexibility index (Phi) is 5.00. The van der Waals surface area contributed by atoms with Crippen LogP contribution in [0.5, 0.6) is 0 Å². The van der Waals surface area contributed by atoms with Gasteiger partial charge in [0.2, 0.25) is 0 Å². The molecule has 0 unspecified atom stereocenters. The standard InChI is InChI=1S/C18H18N2O2S/c1-2-13-8-9-15-16(10-13)23-18(19-15)20-17(21)12-22-11-14-6-4-3-5-7-14/h3-10H,2,11-12H2,1H3,(H,19,20,21). The number of thiazole rings is 1. The van der Waals surface area contributed by atoms with Crippen molar-refractivity contribution in [3.63, 3.8) is 0 Å². The van der Waals surface area contributed by atoms with E-state index in [-0.39, 0.29) is 12.5 Å². The number of amides is 1. The second kappa shape index (κ2) is 7.35. The van der Waals surface area contributed by atoms with Crippen molar-refractivity contribution in [2.75, 3.05) is 11.9 Å². The summed E-state index contributed by atoms with van der Waals surface area (Å²) in [6, 6.07) is 16.0. The maximum Gasteiger partial charge on any atom is 0.252 e. The van der Waals surface area contributed by atoms with Gasteiger partial charge >= 0.3 is 0 Å². The highest BCUT2D eigenvalue weighted by Gasteiger charge is 2.08. The maximum absolute atomic E-state index is 11.9. The first kappa shape index (κ1) is 15.6. The van der Waals surface area contributed by atoms with E-state index >= 15 is 0 Å². The van der Waals surface area contributed by atoms with Gasteiger partial charge in [-0.1, -0.05) is 54.7 Å². The van der Waals surface area contributed by atoms with E-state index in [0.717, 1.165) is 22.2 Å². The lowest BCUT2D eigenvalue weighted by Crippen LogP contribution is -2.18. The van der Waals surface area contributed by atoms with Crippen molar-refractivity contribution in [2.24, 2.45) is 0 Å². The number of nitrogens with one attached hydrogen (secondary N) is 1. The summed E-state index contributed by atoms with van der Waals surface area (Å²) in [5.41, 5.74) is 3.23. The Hall–Kier alpha value is -2.24. The summed E-state index contributed by atoms with van der Waals surface area (Å²) in [6.45, 7) is 2.56. The zero-order valence-corrected chi connectivity index (χ0v) is 13.7. The van der Waals surface area contributed by atoms with Gasteiger partial charge in [-0.15, -0.1) is 0 Å². The molecular weight excluding hydrogens is 308 g/mol. The Bertz CT molecular complexity index is 799. The van der Waals surface area contributed by atoms with E-state index in [0.29, 0.717) is 11.7 Å². The number of nitrogens with zero attached hydrogens (tertiary/aromatic N) is 1. The monoisotopic (exact) mass is 326 g/mol. The van der Waals surface area contributed by atoms with E-state index in [1.165, 1.54) is 16.9 Å². The summed E-state index contributed by atoms with van der Waals surface area (Å²) < 4.78 is 6.52. The van der Waals surface area contributed by atoms with Crippen LogP contribution in [-0.2, 0) is 22.6 Å².